The molecule has 13 heteroatoms. The summed E-state index contributed by atoms with van der Waals surface area (Å²) in [5, 5.41) is 12.9. The molecule has 184 valence electrons. The predicted octanol–water partition coefficient (Wildman–Crippen LogP) is 0.203. The maximum atomic E-state index is 13.1. The molecule has 0 bridgehead atoms. The van der Waals surface area contributed by atoms with E-state index in [0.29, 0.717) is 18.4 Å². The molecule has 11 nitrogen and oxygen atoms in total. The van der Waals surface area contributed by atoms with Crippen LogP contribution in [0.4, 0.5) is 4.39 Å². The van der Waals surface area contributed by atoms with Crippen LogP contribution < -0.4 is 10.9 Å². The second kappa shape index (κ2) is 9.89. The second-order valence-corrected chi connectivity index (χ2v) is 10.3. The van der Waals surface area contributed by atoms with Crippen molar-refractivity contribution in [1.29, 1.82) is 0 Å². The van der Waals surface area contributed by atoms with Crippen molar-refractivity contribution >= 4 is 21.8 Å². The molecule has 0 fully saturated rings. The van der Waals surface area contributed by atoms with Gasteiger partial charge in [0.15, 0.2) is 5.69 Å². The van der Waals surface area contributed by atoms with Gasteiger partial charge in [-0.05, 0) is 30.5 Å². The molecule has 0 unspecified atom stereocenters. The molecule has 2 amide bonds. The number of benzene rings is 1. The van der Waals surface area contributed by atoms with Crippen LogP contribution in [0.15, 0.2) is 29.1 Å². The lowest BCUT2D eigenvalue weighted by Gasteiger charge is -2.33. The summed E-state index contributed by atoms with van der Waals surface area (Å²) in [4.78, 5) is 43.5. The molecule has 2 N–H and O–H groups in total. The van der Waals surface area contributed by atoms with Gasteiger partial charge < -0.3 is 15.3 Å². The van der Waals surface area contributed by atoms with Crippen molar-refractivity contribution in [2.45, 2.75) is 32.0 Å². The average Bonchev–Trinajstić information content (AvgIpc) is 2.79. The summed E-state index contributed by atoms with van der Waals surface area (Å²) in [6.07, 6.45) is 0.866. The van der Waals surface area contributed by atoms with E-state index in [-0.39, 0.29) is 18.9 Å². The third-order valence-corrected chi connectivity index (χ3v) is 7.36. The molecule has 1 aliphatic rings. The second-order valence-electron chi connectivity index (χ2n) is 8.13. The summed E-state index contributed by atoms with van der Waals surface area (Å²) in [5.41, 5.74) is -0.746. The van der Waals surface area contributed by atoms with E-state index in [4.69, 9.17) is 0 Å². The minimum absolute atomic E-state index is 0.00284. The van der Waals surface area contributed by atoms with Crippen LogP contribution >= 0.6 is 0 Å². The lowest BCUT2D eigenvalue weighted by molar-refractivity contribution is -0.130. The highest BCUT2D eigenvalue weighted by Crippen LogP contribution is 2.29. The molecule has 1 aliphatic heterocycles. The molecule has 0 saturated carbocycles. The van der Waals surface area contributed by atoms with Crippen LogP contribution in [0.2, 0.25) is 0 Å². The number of carbonyl (C=O) groups excluding carboxylic acids is 2. The van der Waals surface area contributed by atoms with Crippen LogP contribution in [-0.2, 0) is 27.9 Å². The first-order valence-electron chi connectivity index (χ1n) is 10.4. The van der Waals surface area contributed by atoms with Crippen molar-refractivity contribution in [2.75, 3.05) is 26.9 Å². The molecule has 2 heterocycles. The minimum Gasteiger partial charge on any atom is -0.501 e. The fourth-order valence-electron chi connectivity index (χ4n) is 3.56. The van der Waals surface area contributed by atoms with E-state index in [9.17, 15) is 32.3 Å². The zero-order valence-corrected chi connectivity index (χ0v) is 19.8. The van der Waals surface area contributed by atoms with Crippen molar-refractivity contribution in [3.8, 4) is 5.75 Å². The number of amides is 2. The Bertz CT molecular complexity index is 1260. The van der Waals surface area contributed by atoms with Crippen molar-refractivity contribution < 1.29 is 27.5 Å². The average molecular weight is 496 g/mol. The topological polar surface area (TPSA) is 142 Å². The Balaban J connectivity index is 1.88. The van der Waals surface area contributed by atoms with Crippen LogP contribution in [0, 0.1) is 5.82 Å². The summed E-state index contributed by atoms with van der Waals surface area (Å²) in [7, 11) is 0.235. The van der Waals surface area contributed by atoms with E-state index in [1.807, 2.05) is 0 Å². The number of nitrogens with one attached hydrogen (secondary N) is 1. The number of nitrogens with zero attached hydrogens (tertiary/aromatic N) is 4. The van der Waals surface area contributed by atoms with Crippen LogP contribution in [-0.4, -0.2) is 71.0 Å². The largest absolute Gasteiger partial charge is 0.501 e. The lowest BCUT2D eigenvalue weighted by Crippen LogP contribution is -2.43. The molecular formula is C21H26FN5O6S. The van der Waals surface area contributed by atoms with E-state index >= 15 is 0 Å². The Hall–Kier alpha value is -3.32. The smallest absolute Gasteiger partial charge is 0.296 e. The Morgan fingerprint density at radius 2 is 1.88 bits per heavy atom. The highest BCUT2D eigenvalue weighted by molar-refractivity contribution is 7.89. The van der Waals surface area contributed by atoms with Gasteiger partial charge in [-0.15, -0.1) is 0 Å². The van der Waals surface area contributed by atoms with Crippen molar-refractivity contribution in [2.24, 2.45) is 0 Å². The number of fused-ring (bicyclic) bond motifs is 1. The molecular weight excluding hydrogens is 469 g/mol. The predicted molar refractivity (Wildman–Crippen MR) is 120 cm³/mol. The standard InChI is InChI=1S/C21H26FN5O6S/c1-25(2)34(32,33)12-16(28)26(3)15-5-4-10-27-19(15)24-17(18(29)21(27)31)20(30)23-11-13-6-8-14(22)9-7-13/h6-9,15,29H,4-5,10-12H2,1-3H3,(H,23,30)/t15-/m1/s1. The van der Waals surface area contributed by atoms with Gasteiger partial charge >= 0.3 is 0 Å². The van der Waals surface area contributed by atoms with Crippen molar-refractivity contribution in [3.05, 3.63) is 57.5 Å². The maximum Gasteiger partial charge on any atom is 0.296 e. The van der Waals surface area contributed by atoms with E-state index in [2.05, 4.69) is 10.3 Å². The van der Waals surface area contributed by atoms with E-state index < -0.39 is 56.5 Å². The van der Waals surface area contributed by atoms with Crippen LogP contribution in [0.1, 0.15) is 40.8 Å². The van der Waals surface area contributed by atoms with Crippen molar-refractivity contribution in [1.82, 2.24) is 24.1 Å². The monoisotopic (exact) mass is 495 g/mol. The number of carbonyl (C=O) groups is 2. The van der Waals surface area contributed by atoms with Crippen LogP contribution in [0.5, 0.6) is 5.75 Å². The zero-order chi connectivity index (χ0) is 25.2. The number of hydrogen-bond acceptors (Lipinski definition) is 7. The summed E-state index contributed by atoms with van der Waals surface area (Å²) in [6, 6.07) is 4.65. The Morgan fingerprint density at radius 3 is 2.50 bits per heavy atom. The number of halogens is 1. The van der Waals surface area contributed by atoms with Gasteiger partial charge in [0, 0.05) is 34.2 Å². The van der Waals surface area contributed by atoms with Gasteiger partial charge in [-0.25, -0.2) is 22.1 Å². The van der Waals surface area contributed by atoms with Gasteiger partial charge in [-0.2, -0.15) is 0 Å². The molecule has 1 atom stereocenters. The highest BCUT2D eigenvalue weighted by atomic mass is 32.2. The lowest BCUT2D eigenvalue weighted by atomic mass is 10.0. The Labute approximate surface area is 195 Å². The molecule has 0 saturated heterocycles. The third kappa shape index (κ3) is 5.25. The number of rotatable bonds is 7. The normalized spacial score (nSPS) is 15.6. The fraction of sp³-hybridized carbons (Fsp3) is 0.429. The SMILES string of the molecule is CN(C(=O)CS(=O)(=O)N(C)C)[C@@H]1CCCn2c1nc(C(=O)NCc1ccc(F)cc1)c(O)c2=O. The molecule has 1 aromatic carbocycles. The molecule has 2 aromatic rings. The van der Waals surface area contributed by atoms with Crippen molar-refractivity contribution in [3.63, 3.8) is 0 Å². The molecule has 1 aromatic heterocycles. The van der Waals surface area contributed by atoms with Gasteiger partial charge in [-0.1, -0.05) is 12.1 Å². The summed E-state index contributed by atoms with van der Waals surface area (Å²) in [6.45, 7) is 0.226. The third-order valence-electron chi connectivity index (χ3n) is 5.64. The summed E-state index contributed by atoms with van der Waals surface area (Å²) in [5.74, 6) is -3.46. The zero-order valence-electron chi connectivity index (χ0n) is 19.0. The van der Waals surface area contributed by atoms with E-state index in [1.54, 1.807) is 0 Å². The molecule has 0 aliphatic carbocycles. The minimum atomic E-state index is -3.81. The Kier molecular flexibility index (Phi) is 7.36. The van der Waals surface area contributed by atoms with Gasteiger partial charge in [-0.3, -0.25) is 19.0 Å². The quantitative estimate of drug-likeness (QED) is 0.559. The van der Waals surface area contributed by atoms with Crippen LogP contribution in [0.3, 0.4) is 0 Å². The highest BCUT2D eigenvalue weighted by Gasteiger charge is 2.34. The summed E-state index contributed by atoms with van der Waals surface area (Å²) >= 11 is 0. The van der Waals surface area contributed by atoms with Crippen LogP contribution in [0.25, 0.3) is 0 Å². The maximum absolute atomic E-state index is 13.1. The van der Waals surface area contributed by atoms with Gasteiger partial charge in [0.2, 0.25) is 21.7 Å². The first-order chi connectivity index (χ1) is 15.9. The van der Waals surface area contributed by atoms with Gasteiger partial charge in [0.1, 0.15) is 17.4 Å². The number of aromatic nitrogens is 2. The molecule has 3 rings (SSSR count). The number of sulfonamides is 1. The van der Waals surface area contributed by atoms with Gasteiger partial charge in [0.05, 0.1) is 6.04 Å². The fourth-order valence-corrected chi connectivity index (χ4v) is 4.33. The Morgan fingerprint density at radius 1 is 1.24 bits per heavy atom. The summed E-state index contributed by atoms with van der Waals surface area (Å²) < 4.78 is 39.4. The van der Waals surface area contributed by atoms with E-state index in [1.165, 1.54) is 54.9 Å². The molecule has 0 radical (unpaired) electrons. The number of aromatic hydroxyl groups is 1. The number of hydrogen-bond donors (Lipinski definition) is 2. The first kappa shape index (κ1) is 25.3. The molecule has 34 heavy (non-hydrogen) atoms. The first-order valence-corrected chi connectivity index (χ1v) is 12.1. The van der Waals surface area contributed by atoms with E-state index in [0.717, 1.165) is 4.31 Å². The molecule has 0 spiro atoms. The van der Waals surface area contributed by atoms with Gasteiger partial charge in [0.25, 0.3) is 11.5 Å².